The fourth-order valence-electron chi connectivity index (χ4n) is 2.30. The van der Waals surface area contributed by atoms with Crippen molar-refractivity contribution in [2.45, 2.75) is 33.6 Å². The van der Waals surface area contributed by atoms with Gasteiger partial charge in [0.1, 0.15) is 0 Å². The molecule has 0 aromatic rings. The van der Waals surface area contributed by atoms with Crippen molar-refractivity contribution in [2.24, 2.45) is 16.6 Å². The Bertz CT molecular complexity index is 279. The van der Waals surface area contributed by atoms with Crippen LogP contribution in [0.25, 0.3) is 0 Å². The Morgan fingerprint density at radius 2 is 2.18 bits per heavy atom. The number of hydrogen-bond acceptors (Lipinski definition) is 4. The van der Waals surface area contributed by atoms with Gasteiger partial charge in [-0.15, -0.1) is 0 Å². The van der Waals surface area contributed by atoms with Crippen LogP contribution in [0.1, 0.15) is 33.6 Å². The van der Waals surface area contributed by atoms with Gasteiger partial charge < -0.3 is 15.4 Å². The quantitative estimate of drug-likeness (QED) is 0.737. The molecule has 1 aliphatic heterocycles. The first-order valence-corrected chi connectivity index (χ1v) is 6.34. The van der Waals surface area contributed by atoms with Crippen LogP contribution in [0.4, 0.5) is 0 Å². The van der Waals surface area contributed by atoms with Crippen molar-refractivity contribution < 1.29 is 9.53 Å². The number of carbonyl (C=O) groups is 1. The number of nitrogens with two attached hydrogens (primary N) is 1. The van der Waals surface area contributed by atoms with Gasteiger partial charge in [0.15, 0.2) is 0 Å². The number of hydrogen-bond donors (Lipinski definition) is 1. The van der Waals surface area contributed by atoms with E-state index in [1.807, 2.05) is 13.8 Å². The zero-order valence-electron chi connectivity index (χ0n) is 11.6. The first kappa shape index (κ1) is 14.5. The van der Waals surface area contributed by atoms with Crippen molar-refractivity contribution in [3.63, 3.8) is 0 Å². The summed E-state index contributed by atoms with van der Waals surface area (Å²) in [6.07, 6.45) is 1.99. The molecule has 0 aliphatic carbocycles. The SMILES string of the molecule is COC(=O)C(C)(C)CCN1CCC(C)(CN)C1. The standard InChI is InChI=1S/C13H26N2O2/c1-12(2,11(16)17-4)5-7-15-8-6-13(3,9-14)10-15/h5-10,14H2,1-4H3. The molecule has 0 aromatic heterocycles. The topological polar surface area (TPSA) is 55.6 Å². The van der Waals surface area contributed by atoms with Crippen LogP contribution >= 0.6 is 0 Å². The summed E-state index contributed by atoms with van der Waals surface area (Å²) in [6, 6.07) is 0. The van der Waals surface area contributed by atoms with Gasteiger partial charge in [0, 0.05) is 6.54 Å². The predicted octanol–water partition coefficient (Wildman–Crippen LogP) is 1.25. The third-order valence-corrected chi connectivity index (χ3v) is 3.92. The molecule has 17 heavy (non-hydrogen) atoms. The summed E-state index contributed by atoms with van der Waals surface area (Å²) >= 11 is 0. The van der Waals surface area contributed by atoms with Crippen LogP contribution in [0.15, 0.2) is 0 Å². The predicted molar refractivity (Wildman–Crippen MR) is 68.6 cm³/mol. The van der Waals surface area contributed by atoms with Gasteiger partial charge >= 0.3 is 5.97 Å². The van der Waals surface area contributed by atoms with Crippen molar-refractivity contribution in [2.75, 3.05) is 33.3 Å². The van der Waals surface area contributed by atoms with E-state index in [1.54, 1.807) is 0 Å². The van der Waals surface area contributed by atoms with Gasteiger partial charge in [-0.05, 0) is 51.7 Å². The highest BCUT2D eigenvalue weighted by molar-refractivity contribution is 5.75. The van der Waals surface area contributed by atoms with Gasteiger partial charge in [0.05, 0.1) is 12.5 Å². The minimum Gasteiger partial charge on any atom is -0.469 e. The Morgan fingerprint density at radius 1 is 1.53 bits per heavy atom. The van der Waals surface area contributed by atoms with E-state index in [2.05, 4.69) is 11.8 Å². The highest BCUT2D eigenvalue weighted by Gasteiger charge is 2.34. The maximum atomic E-state index is 11.6. The molecule has 1 fully saturated rings. The first-order valence-electron chi connectivity index (χ1n) is 6.34. The number of rotatable bonds is 5. The second-order valence-electron chi connectivity index (χ2n) is 6.17. The third-order valence-electron chi connectivity index (χ3n) is 3.92. The van der Waals surface area contributed by atoms with Gasteiger partial charge in [-0.25, -0.2) is 0 Å². The lowest BCUT2D eigenvalue weighted by Gasteiger charge is -2.26. The number of carbonyl (C=O) groups excluding carboxylic acids is 1. The smallest absolute Gasteiger partial charge is 0.311 e. The molecule has 0 radical (unpaired) electrons. The molecule has 1 saturated heterocycles. The molecular weight excluding hydrogens is 216 g/mol. The molecule has 0 amide bonds. The van der Waals surface area contributed by atoms with Gasteiger partial charge in [-0.3, -0.25) is 4.79 Å². The molecule has 2 N–H and O–H groups in total. The minimum atomic E-state index is -0.392. The molecule has 1 heterocycles. The highest BCUT2D eigenvalue weighted by atomic mass is 16.5. The minimum absolute atomic E-state index is 0.127. The average Bonchev–Trinajstić information content (AvgIpc) is 2.68. The van der Waals surface area contributed by atoms with E-state index in [1.165, 1.54) is 7.11 Å². The van der Waals surface area contributed by atoms with Crippen LogP contribution in [-0.2, 0) is 9.53 Å². The second kappa shape index (κ2) is 5.36. The van der Waals surface area contributed by atoms with E-state index in [0.717, 1.165) is 39.0 Å². The van der Waals surface area contributed by atoms with E-state index in [9.17, 15) is 4.79 Å². The monoisotopic (exact) mass is 242 g/mol. The molecule has 4 nitrogen and oxygen atoms in total. The lowest BCUT2D eigenvalue weighted by molar-refractivity contribution is -0.151. The Morgan fingerprint density at radius 3 is 2.65 bits per heavy atom. The Balaban J connectivity index is 2.40. The molecule has 100 valence electrons. The number of ether oxygens (including phenoxy) is 1. The van der Waals surface area contributed by atoms with Crippen LogP contribution < -0.4 is 5.73 Å². The first-order chi connectivity index (χ1) is 7.83. The van der Waals surface area contributed by atoms with E-state index in [0.29, 0.717) is 0 Å². The molecule has 0 aromatic carbocycles. The molecule has 0 spiro atoms. The maximum Gasteiger partial charge on any atom is 0.311 e. The van der Waals surface area contributed by atoms with Crippen molar-refractivity contribution in [3.8, 4) is 0 Å². The van der Waals surface area contributed by atoms with Gasteiger partial charge in [0.25, 0.3) is 0 Å². The molecule has 0 saturated carbocycles. The molecule has 1 atom stereocenters. The van der Waals surface area contributed by atoms with Crippen LogP contribution in [0.3, 0.4) is 0 Å². The normalized spacial score (nSPS) is 26.2. The Labute approximate surface area is 104 Å². The lowest BCUT2D eigenvalue weighted by Crippen LogP contribution is -2.34. The van der Waals surface area contributed by atoms with Crippen molar-refractivity contribution in [1.29, 1.82) is 0 Å². The van der Waals surface area contributed by atoms with E-state index < -0.39 is 5.41 Å². The van der Waals surface area contributed by atoms with Gasteiger partial charge in [-0.1, -0.05) is 6.92 Å². The van der Waals surface area contributed by atoms with Crippen LogP contribution in [0.5, 0.6) is 0 Å². The second-order valence-corrected chi connectivity index (χ2v) is 6.17. The highest BCUT2D eigenvalue weighted by Crippen LogP contribution is 2.30. The fraction of sp³-hybridized carbons (Fsp3) is 0.923. The zero-order chi connectivity index (χ0) is 13.1. The van der Waals surface area contributed by atoms with Crippen molar-refractivity contribution in [1.82, 2.24) is 4.90 Å². The van der Waals surface area contributed by atoms with Gasteiger partial charge in [0.2, 0.25) is 0 Å². The van der Waals surface area contributed by atoms with Crippen molar-refractivity contribution >= 4 is 5.97 Å². The van der Waals surface area contributed by atoms with Crippen LogP contribution in [0.2, 0.25) is 0 Å². The maximum absolute atomic E-state index is 11.6. The summed E-state index contributed by atoms with van der Waals surface area (Å²) in [5.74, 6) is -0.127. The number of nitrogens with zero attached hydrogens (tertiary/aromatic N) is 1. The van der Waals surface area contributed by atoms with E-state index >= 15 is 0 Å². The Kier molecular flexibility index (Phi) is 4.55. The Hall–Kier alpha value is -0.610. The van der Waals surface area contributed by atoms with E-state index in [4.69, 9.17) is 10.5 Å². The van der Waals surface area contributed by atoms with Gasteiger partial charge in [-0.2, -0.15) is 0 Å². The summed E-state index contributed by atoms with van der Waals surface area (Å²) in [5.41, 5.74) is 5.65. The molecule has 1 aliphatic rings. The number of esters is 1. The summed E-state index contributed by atoms with van der Waals surface area (Å²) < 4.78 is 4.81. The van der Waals surface area contributed by atoms with Crippen LogP contribution in [-0.4, -0.2) is 44.2 Å². The van der Waals surface area contributed by atoms with Crippen molar-refractivity contribution in [3.05, 3.63) is 0 Å². The molecular formula is C13H26N2O2. The molecule has 0 bridgehead atoms. The molecule has 1 unspecified atom stereocenters. The van der Waals surface area contributed by atoms with Crippen LogP contribution in [0, 0.1) is 10.8 Å². The average molecular weight is 242 g/mol. The number of methoxy groups -OCH3 is 1. The van der Waals surface area contributed by atoms with E-state index in [-0.39, 0.29) is 11.4 Å². The third kappa shape index (κ3) is 3.68. The summed E-state index contributed by atoms with van der Waals surface area (Å²) in [5, 5.41) is 0. The molecule has 1 rings (SSSR count). The summed E-state index contributed by atoms with van der Waals surface area (Å²) in [7, 11) is 1.45. The number of likely N-dealkylation sites (tertiary alicyclic amines) is 1. The zero-order valence-corrected chi connectivity index (χ0v) is 11.6. The fourth-order valence-corrected chi connectivity index (χ4v) is 2.30. The summed E-state index contributed by atoms with van der Waals surface area (Å²) in [6.45, 7) is 9.93. The molecule has 4 heteroatoms. The largest absolute Gasteiger partial charge is 0.469 e. The lowest BCUT2D eigenvalue weighted by atomic mass is 9.89. The summed E-state index contributed by atoms with van der Waals surface area (Å²) in [4.78, 5) is 14.0.